The van der Waals surface area contributed by atoms with Crippen LogP contribution in [0.3, 0.4) is 0 Å². The van der Waals surface area contributed by atoms with Crippen LogP contribution in [0.4, 0.5) is 5.69 Å². The molecule has 0 saturated carbocycles. The molecule has 0 radical (unpaired) electrons. The van der Waals surface area contributed by atoms with Crippen LogP contribution < -0.4 is 5.32 Å². The lowest BCUT2D eigenvalue weighted by Crippen LogP contribution is -2.16. The number of halogens is 1. The number of methoxy groups -OCH3 is 1. The van der Waals surface area contributed by atoms with Crippen LogP contribution in [-0.2, 0) is 17.7 Å². The van der Waals surface area contributed by atoms with Gasteiger partial charge in [0.15, 0.2) is 0 Å². The molecule has 0 aliphatic carbocycles. The SMILES string of the molecule is COCCn1ncc(Cl)c1C1Cc2ccccc2N1. The number of benzene rings is 1. The minimum absolute atomic E-state index is 0.184. The summed E-state index contributed by atoms with van der Waals surface area (Å²) in [5.41, 5.74) is 3.54. The molecule has 1 aliphatic heterocycles. The van der Waals surface area contributed by atoms with Crippen molar-refractivity contribution >= 4 is 17.3 Å². The Kier molecular flexibility index (Phi) is 3.44. The van der Waals surface area contributed by atoms with Gasteiger partial charge < -0.3 is 10.1 Å². The van der Waals surface area contributed by atoms with E-state index in [4.69, 9.17) is 16.3 Å². The third-order valence-electron chi connectivity index (χ3n) is 3.44. The zero-order valence-corrected chi connectivity index (χ0v) is 11.5. The van der Waals surface area contributed by atoms with Crippen molar-refractivity contribution in [3.8, 4) is 0 Å². The second kappa shape index (κ2) is 5.23. The maximum Gasteiger partial charge on any atom is 0.0839 e. The molecule has 2 heterocycles. The molecule has 0 bridgehead atoms. The second-order valence-electron chi connectivity index (χ2n) is 4.65. The number of hydrogen-bond acceptors (Lipinski definition) is 3. The van der Waals surface area contributed by atoms with Crippen molar-refractivity contribution in [2.45, 2.75) is 19.0 Å². The first-order valence-corrected chi connectivity index (χ1v) is 6.72. The highest BCUT2D eigenvalue weighted by molar-refractivity contribution is 6.31. The van der Waals surface area contributed by atoms with E-state index in [9.17, 15) is 0 Å². The van der Waals surface area contributed by atoms with E-state index in [1.807, 2.05) is 10.7 Å². The maximum atomic E-state index is 6.28. The quantitative estimate of drug-likeness (QED) is 0.934. The standard InChI is InChI=1S/C14H16ClN3O/c1-19-7-6-18-14(11(15)9-16-18)13-8-10-4-2-3-5-12(10)17-13/h2-5,9,13,17H,6-8H2,1H3. The van der Waals surface area contributed by atoms with Gasteiger partial charge in [0.2, 0.25) is 0 Å². The van der Waals surface area contributed by atoms with Gasteiger partial charge in [-0.05, 0) is 11.6 Å². The Balaban J connectivity index is 1.86. The van der Waals surface area contributed by atoms with Gasteiger partial charge in [-0.25, -0.2) is 0 Å². The van der Waals surface area contributed by atoms with Crippen molar-refractivity contribution in [1.82, 2.24) is 9.78 Å². The fraction of sp³-hybridized carbons (Fsp3) is 0.357. The molecule has 4 nitrogen and oxygen atoms in total. The summed E-state index contributed by atoms with van der Waals surface area (Å²) in [5.74, 6) is 0. The van der Waals surface area contributed by atoms with Gasteiger partial charge >= 0.3 is 0 Å². The normalized spacial score (nSPS) is 17.3. The van der Waals surface area contributed by atoms with Gasteiger partial charge in [0.1, 0.15) is 0 Å². The number of aromatic nitrogens is 2. The Labute approximate surface area is 117 Å². The van der Waals surface area contributed by atoms with Crippen LogP contribution in [0.2, 0.25) is 5.02 Å². The number of nitrogens with one attached hydrogen (secondary N) is 1. The third-order valence-corrected chi connectivity index (χ3v) is 3.73. The van der Waals surface area contributed by atoms with Crippen LogP contribution in [-0.4, -0.2) is 23.5 Å². The lowest BCUT2D eigenvalue weighted by molar-refractivity contribution is 0.182. The Bertz CT molecular complexity index is 557. The molecule has 0 fully saturated rings. The van der Waals surface area contributed by atoms with E-state index in [1.54, 1.807) is 13.3 Å². The van der Waals surface area contributed by atoms with E-state index in [2.05, 4.69) is 28.6 Å². The highest BCUT2D eigenvalue weighted by Gasteiger charge is 2.26. The van der Waals surface area contributed by atoms with E-state index in [0.717, 1.165) is 12.1 Å². The number of fused-ring (bicyclic) bond motifs is 1. The van der Waals surface area contributed by atoms with Crippen LogP contribution in [0.1, 0.15) is 17.3 Å². The van der Waals surface area contributed by atoms with Crippen molar-refractivity contribution in [3.05, 3.63) is 46.7 Å². The first-order chi connectivity index (χ1) is 9.29. The van der Waals surface area contributed by atoms with E-state index >= 15 is 0 Å². The highest BCUT2D eigenvalue weighted by atomic mass is 35.5. The Morgan fingerprint density at radius 3 is 3.11 bits per heavy atom. The number of anilines is 1. The molecule has 1 aliphatic rings. The molecular weight excluding hydrogens is 262 g/mol. The first kappa shape index (κ1) is 12.5. The fourth-order valence-corrected chi connectivity index (χ4v) is 2.81. The highest BCUT2D eigenvalue weighted by Crippen LogP contribution is 2.36. The monoisotopic (exact) mass is 277 g/mol. The summed E-state index contributed by atoms with van der Waals surface area (Å²) in [6, 6.07) is 8.53. The Morgan fingerprint density at radius 2 is 2.32 bits per heavy atom. The second-order valence-corrected chi connectivity index (χ2v) is 5.06. The van der Waals surface area contributed by atoms with Crippen molar-refractivity contribution in [3.63, 3.8) is 0 Å². The third kappa shape index (κ3) is 2.33. The molecule has 1 aromatic heterocycles. The lowest BCUT2D eigenvalue weighted by Gasteiger charge is -2.14. The number of ether oxygens (including phenoxy) is 1. The van der Waals surface area contributed by atoms with Crippen molar-refractivity contribution in [2.75, 3.05) is 19.0 Å². The fourth-order valence-electron chi connectivity index (χ4n) is 2.54. The smallest absolute Gasteiger partial charge is 0.0839 e. The van der Waals surface area contributed by atoms with Crippen LogP contribution in [0.15, 0.2) is 30.5 Å². The molecular formula is C14H16ClN3O. The zero-order valence-electron chi connectivity index (χ0n) is 10.8. The van der Waals surface area contributed by atoms with Gasteiger partial charge in [-0.1, -0.05) is 29.8 Å². The van der Waals surface area contributed by atoms with Gasteiger partial charge in [0.25, 0.3) is 0 Å². The Hall–Kier alpha value is -1.52. The van der Waals surface area contributed by atoms with Crippen molar-refractivity contribution in [2.24, 2.45) is 0 Å². The Morgan fingerprint density at radius 1 is 1.47 bits per heavy atom. The molecule has 0 saturated heterocycles. The van der Waals surface area contributed by atoms with Gasteiger partial charge in [-0.3, -0.25) is 4.68 Å². The van der Waals surface area contributed by atoms with Crippen molar-refractivity contribution < 1.29 is 4.74 Å². The largest absolute Gasteiger partial charge is 0.383 e. The van der Waals surface area contributed by atoms with E-state index in [-0.39, 0.29) is 6.04 Å². The van der Waals surface area contributed by atoms with Crippen LogP contribution >= 0.6 is 11.6 Å². The molecule has 0 amide bonds. The number of nitrogens with zero attached hydrogens (tertiary/aromatic N) is 2. The van der Waals surface area contributed by atoms with Gasteiger partial charge in [0.05, 0.1) is 36.1 Å². The average molecular weight is 278 g/mol. The molecule has 1 aromatic carbocycles. The summed E-state index contributed by atoms with van der Waals surface area (Å²) in [6.07, 6.45) is 2.64. The summed E-state index contributed by atoms with van der Waals surface area (Å²) in [5, 5.41) is 8.54. The minimum Gasteiger partial charge on any atom is -0.383 e. The minimum atomic E-state index is 0.184. The summed E-state index contributed by atoms with van der Waals surface area (Å²) in [7, 11) is 1.69. The van der Waals surface area contributed by atoms with Crippen LogP contribution in [0.5, 0.6) is 0 Å². The summed E-state index contributed by atoms with van der Waals surface area (Å²) >= 11 is 6.28. The molecule has 3 rings (SSSR count). The lowest BCUT2D eigenvalue weighted by atomic mass is 10.1. The van der Waals surface area contributed by atoms with Gasteiger partial charge in [0, 0.05) is 19.2 Å². The summed E-state index contributed by atoms with van der Waals surface area (Å²) in [4.78, 5) is 0. The zero-order chi connectivity index (χ0) is 13.2. The van der Waals surface area contributed by atoms with Gasteiger partial charge in [-0.2, -0.15) is 5.10 Å². The molecule has 1 atom stereocenters. The summed E-state index contributed by atoms with van der Waals surface area (Å²) < 4.78 is 7.04. The summed E-state index contributed by atoms with van der Waals surface area (Å²) in [6.45, 7) is 1.34. The molecule has 5 heteroatoms. The van der Waals surface area contributed by atoms with Crippen molar-refractivity contribution in [1.29, 1.82) is 0 Å². The molecule has 0 spiro atoms. The molecule has 100 valence electrons. The molecule has 19 heavy (non-hydrogen) atoms. The average Bonchev–Trinajstić information content (AvgIpc) is 2.99. The molecule has 1 N–H and O–H groups in total. The first-order valence-electron chi connectivity index (χ1n) is 6.34. The van der Waals surface area contributed by atoms with E-state index < -0.39 is 0 Å². The van der Waals surface area contributed by atoms with E-state index in [1.165, 1.54) is 11.3 Å². The topological polar surface area (TPSA) is 39.1 Å². The van der Waals surface area contributed by atoms with Crippen LogP contribution in [0, 0.1) is 0 Å². The predicted molar refractivity (Wildman–Crippen MR) is 75.6 cm³/mol. The molecule has 1 unspecified atom stereocenters. The van der Waals surface area contributed by atoms with E-state index in [0.29, 0.717) is 18.2 Å². The number of hydrogen-bond donors (Lipinski definition) is 1. The van der Waals surface area contributed by atoms with Gasteiger partial charge in [-0.15, -0.1) is 0 Å². The number of para-hydroxylation sites is 1. The van der Waals surface area contributed by atoms with Crippen LogP contribution in [0.25, 0.3) is 0 Å². The number of rotatable bonds is 4. The predicted octanol–water partition coefficient (Wildman–Crippen LogP) is 2.89. The maximum absolute atomic E-state index is 6.28. The molecule has 2 aromatic rings.